The first-order valence-corrected chi connectivity index (χ1v) is 7.39. The monoisotopic (exact) mass is 302 g/mol. The molecule has 0 saturated carbocycles. The zero-order valence-corrected chi connectivity index (χ0v) is 12.5. The van der Waals surface area contributed by atoms with E-state index < -0.39 is 0 Å². The minimum atomic E-state index is -0.270. The van der Waals surface area contributed by atoms with Crippen LogP contribution in [0.5, 0.6) is 0 Å². The van der Waals surface area contributed by atoms with Gasteiger partial charge in [0.25, 0.3) is 0 Å². The van der Waals surface area contributed by atoms with E-state index in [2.05, 4.69) is 26.8 Å². The summed E-state index contributed by atoms with van der Waals surface area (Å²) in [5.74, 6) is 0.474. The van der Waals surface area contributed by atoms with Gasteiger partial charge in [0.15, 0.2) is 0 Å². The van der Waals surface area contributed by atoms with Crippen LogP contribution in [-0.4, -0.2) is 27.1 Å². The molecule has 108 valence electrons. The number of hydrogen-bond donors (Lipinski definition) is 0. The summed E-state index contributed by atoms with van der Waals surface area (Å²) >= 11 is 1.49. The fourth-order valence-electron chi connectivity index (χ4n) is 1.55. The Balaban J connectivity index is 2.04. The third-order valence-electron chi connectivity index (χ3n) is 2.62. The summed E-state index contributed by atoms with van der Waals surface area (Å²) in [6.45, 7) is 5.52. The molecule has 0 saturated heterocycles. The first-order chi connectivity index (χ1) is 10.2. The number of aliphatic imine (C=N–C) groups is 1. The molecule has 2 aromatic rings. The lowest BCUT2D eigenvalue weighted by Crippen LogP contribution is -2.02. The molecule has 0 atom stereocenters. The zero-order chi connectivity index (χ0) is 15.1. The van der Waals surface area contributed by atoms with Gasteiger partial charge in [-0.05, 0) is 31.2 Å². The van der Waals surface area contributed by atoms with Crippen molar-refractivity contribution < 1.29 is 4.39 Å². The van der Waals surface area contributed by atoms with Gasteiger partial charge in [0, 0.05) is 18.4 Å². The molecule has 0 fully saturated rings. The number of aryl methyl sites for hydroxylation is 1. The third-order valence-corrected chi connectivity index (χ3v) is 3.45. The number of hydrogen-bond acceptors (Lipinski definition) is 5. The SMILES string of the molecule is C=CCSc1nnc(C)c(CC=Nc2ccc(F)cc2)n1. The number of aromatic nitrogens is 3. The smallest absolute Gasteiger partial charge is 0.209 e. The summed E-state index contributed by atoms with van der Waals surface area (Å²) in [6.07, 6.45) is 4.09. The van der Waals surface area contributed by atoms with E-state index in [4.69, 9.17) is 0 Å². The lowest BCUT2D eigenvalue weighted by atomic mass is 10.2. The highest BCUT2D eigenvalue weighted by Gasteiger charge is 2.04. The average Bonchev–Trinajstić information content (AvgIpc) is 2.50. The van der Waals surface area contributed by atoms with Crippen molar-refractivity contribution in [2.24, 2.45) is 4.99 Å². The molecule has 0 bridgehead atoms. The lowest BCUT2D eigenvalue weighted by Gasteiger charge is -2.02. The van der Waals surface area contributed by atoms with Gasteiger partial charge in [-0.3, -0.25) is 4.99 Å². The molecule has 0 aliphatic rings. The maximum absolute atomic E-state index is 12.8. The van der Waals surface area contributed by atoms with Gasteiger partial charge >= 0.3 is 0 Å². The second-order valence-corrected chi connectivity index (χ2v) is 5.21. The number of thioether (sulfide) groups is 1. The Morgan fingerprint density at radius 3 is 2.76 bits per heavy atom. The molecule has 0 N–H and O–H groups in total. The molecule has 0 radical (unpaired) electrons. The van der Waals surface area contributed by atoms with E-state index in [1.165, 1.54) is 23.9 Å². The number of rotatable bonds is 6. The molecule has 0 aliphatic carbocycles. The van der Waals surface area contributed by atoms with Gasteiger partial charge in [0.1, 0.15) is 5.82 Å². The summed E-state index contributed by atoms with van der Waals surface area (Å²) in [5.41, 5.74) is 2.32. The highest BCUT2D eigenvalue weighted by atomic mass is 32.2. The van der Waals surface area contributed by atoms with Crippen LogP contribution >= 0.6 is 11.8 Å². The molecule has 4 nitrogen and oxygen atoms in total. The molecule has 1 heterocycles. The molecule has 2 rings (SSSR count). The van der Waals surface area contributed by atoms with Crippen molar-refractivity contribution in [1.82, 2.24) is 15.2 Å². The lowest BCUT2D eigenvalue weighted by molar-refractivity contribution is 0.628. The van der Waals surface area contributed by atoms with Crippen molar-refractivity contribution in [3.05, 3.63) is 54.1 Å². The maximum atomic E-state index is 12.8. The van der Waals surface area contributed by atoms with Crippen LogP contribution in [0.1, 0.15) is 11.4 Å². The van der Waals surface area contributed by atoms with Crippen molar-refractivity contribution in [1.29, 1.82) is 0 Å². The Bertz CT molecular complexity index is 641. The number of nitrogens with zero attached hydrogens (tertiary/aromatic N) is 4. The molecule has 21 heavy (non-hydrogen) atoms. The van der Waals surface area contributed by atoms with Crippen LogP contribution in [0.3, 0.4) is 0 Å². The fourth-order valence-corrected chi connectivity index (χ4v) is 2.09. The summed E-state index contributed by atoms with van der Waals surface area (Å²) in [7, 11) is 0. The van der Waals surface area contributed by atoms with Gasteiger partial charge in [-0.25, -0.2) is 9.37 Å². The molecule has 0 spiro atoms. The fraction of sp³-hybridized carbons (Fsp3) is 0.200. The Kier molecular flexibility index (Phi) is 5.57. The van der Waals surface area contributed by atoms with Gasteiger partial charge in [0.2, 0.25) is 5.16 Å². The van der Waals surface area contributed by atoms with Crippen LogP contribution in [0.4, 0.5) is 10.1 Å². The van der Waals surface area contributed by atoms with Gasteiger partial charge in [-0.2, -0.15) is 5.10 Å². The van der Waals surface area contributed by atoms with Crippen LogP contribution in [0, 0.1) is 12.7 Å². The predicted octanol–water partition coefficient (Wildman–Crippen LogP) is 3.54. The molecule has 0 amide bonds. The second kappa shape index (κ2) is 7.64. The van der Waals surface area contributed by atoms with E-state index in [0.717, 1.165) is 17.1 Å². The van der Waals surface area contributed by atoms with Crippen molar-refractivity contribution in [3.8, 4) is 0 Å². The maximum Gasteiger partial charge on any atom is 0.209 e. The Morgan fingerprint density at radius 1 is 1.29 bits per heavy atom. The topological polar surface area (TPSA) is 51.0 Å². The number of halogens is 1. The van der Waals surface area contributed by atoms with Crippen molar-refractivity contribution >= 4 is 23.7 Å². The van der Waals surface area contributed by atoms with E-state index in [9.17, 15) is 4.39 Å². The van der Waals surface area contributed by atoms with Crippen molar-refractivity contribution in [2.75, 3.05) is 5.75 Å². The Labute approximate surface area is 127 Å². The molecule has 6 heteroatoms. The first kappa shape index (κ1) is 15.3. The van der Waals surface area contributed by atoms with Crippen molar-refractivity contribution in [2.45, 2.75) is 18.5 Å². The summed E-state index contributed by atoms with van der Waals surface area (Å²) in [6, 6.07) is 6.02. The highest BCUT2D eigenvalue weighted by molar-refractivity contribution is 7.99. The second-order valence-electron chi connectivity index (χ2n) is 4.22. The molecule has 0 unspecified atom stereocenters. The largest absolute Gasteiger partial charge is 0.261 e. The van der Waals surface area contributed by atoms with Crippen LogP contribution in [0.25, 0.3) is 0 Å². The molecule has 1 aromatic heterocycles. The van der Waals surface area contributed by atoms with Gasteiger partial charge in [0.05, 0.1) is 17.1 Å². The minimum absolute atomic E-state index is 0.270. The molecular formula is C15H15FN4S. The molecule has 1 aromatic carbocycles. The van der Waals surface area contributed by atoms with Crippen LogP contribution in [-0.2, 0) is 6.42 Å². The normalized spacial score (nSPS) is 11.0. The van der Waals surface area contributed by atoms with Gasteiger partial charge in [-0.15, -0.1) is 11.7 Å². The summed E-state index contributed by atoms with van der Waals surface area (Å²) < 4.78 is 12.8. The highest BCUT2D eigenvalue weighted by Crippen LogP contribution is 2.14. The predicted molar refractivity (Wildman–Crippen MR) is 83.7 cm³/mol. The standard InChI is InChI=1S/C15H15FN4S/c1-3-10-21-15-18-14(11(2)19-20-15)8-9-17-13-6-4-12(16)5-7-13/h3-7,9H,1,8,10H2,2H3. The first-order valence-electron chi connectivity index (χ1n) is 6.41. The van der Waals surface area contributed by atoms with E-state index in [1.807, 2.05) is 6.92 Å². The van der Waals surface area contributed by atoms with Crippen LogP contribution < -0.4 is 0 Å². The van der Waals surface area contributed by atoms with E-state index in [1.54, 1.807) is 24.4 Å². The zero-order valence-electron chi connectivity index (χ0n) is 11.7. The quantitative estimate of drug-likeness (QED) is 0.465. The van der Waals surface area contributed by atoms with Crippen molar-refractivity contribution in [3.63, 3.8) is 0 Å². The van der Waals surface area contributed by atoms with Gasteiger partial charge < -0.3 is 0 Å². The van der Waals surface area contributed by atoms with Gasteiger partial charge in [-0.1, -0.05) is 17.8 Å². The average molecular weight is 302 g/mol. The van der Waals surface area contributed by atoms with Crippen LogP contribution in [0.15, 0.2) is 47.1 Å². The number of benzene rings is 1. The summed E-state index contributed by atoms with van der Waals surface area (Å²) in [5, 5.41) is 8.74. The third kappa shape index (κ3) is 4.75. The minimum Gasteiger partial charge on any atom is -0.261 e. The molecule has 0 aliphatic heterocycles. The molecular weight excluding hydrogens is 287 g/mol. The van der Waals surface area contributed by atoms with E-state index >= 15 is 0 Å². The van der Waals surface area contributed by atoms with E-state index in [0.29, 0.717) is 17.3 Å². The summed E-state index contributed by atoms with van der Waals surface area (Å²) in [4.78, 5) is 8.72. The van der Waals surface area contributed by atoms with E-state index in [-0.39, 0.29) is 5.82 Å². The Hall–Kier alpha value is -2.08. The van der Waals surface area contributed by atoms with Crippen LogP contribution in [0.2, 0.25) is 0 Å². The Morgan fingerprint density at radius 2 is 2.05 bits per heavy atom.